The third-order valence-electron chi connectivity index (χ3n) is 2.70. The molecule has 88 valence electrons. The van der Waals surface area contributed by atoms with Crippen LogP contribution in [0.1, 0.15) is 24.1 Å². The van der Waals surface area contributed by atoms with Crippen LogP contribution in [0.25, 0.3) is 0 Å². The van der Waals surface area contributed by atoms with E-state index in [1.54, 1.807) is 6.07 Å². The molecule has 0 bridgehead atoms. The predicted octanol–water partition coefficient (Wildman–Crippen LogP) is 2.29. The molecule has 0 spiro atoms. The van der Waals surface area contributed by atoms with Crippen LogP contribution < -0.4 is 10.6 Å². The van der Waals surface area contributed by atoms with Gasteiger partial charge < -0.3 is 5.32 Å². The van der Waals surface area contributed by atoms with Gasteiger partial charge in [-0.2, -0.15) is 13.2 Å². The van der Waals surface area contributed by atoms with E-state index in [-0.39, 0.29) is 12.2 Å². The lowest BCUT2D eigenvalue weighted by atomic mass is 10.0. The summed E-state index contributed by atoms with van der Waals surface area (Å²) in [6.07, 6.45) is -4.13. The Kier molecular flexibility index (Phi) is 2.90. The summed E-state index contributed by atoms with van der Waals surface area (Å²) in [6, 6.07) is 5.42. The zero-order valence-electron chi connectivity index (χ0n) is 8.81. The molecule has 1 aliphatic heterocycles. The average molecular weight is 230 g/mol. The van der Waals surface area contributed by atoms with E-state index in [9.17, 15) is 13.2 Å². The molecule has 0 aliphatic carbocycles. The topological polar surface area (TPSA) is 24.1 Å². The molecule has 2 N–H and O–H groups in total. The summed E-state index contributed by atoms with van der Waals surface area (Å²) in [5.41, 5.74) is 0.0815. The van der Waals surface area contributed by atoms with Gasteiger partial charge in [-0.25, -0.2) is 0 Å². The van der Waals surface area contributed by atoms with Crippen molar-refractivity contribution in [1.29, 1.82) is 0 Å². The number of benzene rings is 1. The van der Waals surface area contributed by atoms with Crippen LogP contribution in [0.4, 0.5) is 13.2 Å². The molecule has 2 atom stereocenters. The summed E-state index contributed by atoms with van der Waals surface area (Å²) in [5, 5.41) is 6.30. The Morgan fingerprint density at radius 2 is 2.06 bits per heavy atom. The molecular weight excluding hydrogens is 217 g/mol. The van der Waals surface area contributed by atoms with E-state index in [4.69, 9.17) is 0 Å². The lowest BCUT2D eigenvalue weighted by Crippen LogP contribution is -2.27. The molecule has 16 heavy (non-hydrogen) atoms. The fourth-order valence-electron chi connectivity index (χ4n) is 1.86. The Balaban J connectivity index is 2.23. The molecule has 2 rings (SSSR count). The molecular formula is C11H13F3N2. The summed E-state index contributed by atoms with van der Waals surface area (Å²) in [6.45, 7) is 2.59. The molecule has 2 unspecified atom stereocenters. The standard InChI is InChI=1S/C11H13F3N2/c1-7-15-6-10(16-7)8-3-2-4-9(5-8)11(12,13)14/h2-5,7,10,15-16H,6H2,1H3. The van der Waals surface area contributed by atoms with E-state index in [2.05, 4.69) is 10.6 Å². The number of halogens is 3. The van der Waals surface area contributed by atoms with Gasteiger partial charge in [0.15, 0.2) is 0 Å². The van der Waals surface area contributed by atoms with Gasteiger partial charge in [-0.15, -0.1) is 0 Å². The Labute approximate surface area is 91.8 Å². The highest BCUT2D eigenvalue weighted by molar-refractivity contribution is 5.28. The van der Waals surface area contributed by atoms with Crippen molar-refractivity contribution < 1.29 is 13.2 Å². The van der Waals surface area contributed by atoms with Gasteiger partial charge in [0.25, 0.3) is 0 Å². The van der Waals surface area contributed by atoms with Gasteiger partial charge in [0.2, 0.25) is 0 Å². The van der Waals surface area contributed by atoms with Crippen molar-refractivity contribution in [1.82, 2.24) is 10.6 Å². The maximum atomic E-state index is 12.5. The number of rotatable bonds is 1. The van der Waals surface area contributed by atoms with Crippen molar-refractivity contribution in [2.45, 2.75) is 25.3 Å². The molecule has 1 heterocycles. The third kappa shape index (κ3) is 2.36. The molecule has 0 aromatic heterocycles. The van der Waals surface area contributed by atoms with Crippen molar-refractivity contribution in [3.63, 3.8) is 0 Å². The van der Waals surface area contributed by atoms with Crippen LogP contribution in [0.2, 0.25) is 0 Å². The molecule has 1 saturated heterocycles. The molecule has 2 nitrogen and oxygen atoms in total. The highest BCUT2D eigenvalue weighted by Crippen LogP contribution is 2.31. The van der Waals surface area contributed by atoms with E-state index < -0.39 is 11.7 Å². The van der Waals surface area contributed by atoms with Gasteiger partial charge in [0, 0.05) is 12.6 Å². The second kappa shape index (κ2) is 4.07. The zero-order valence-corrected chi connectivity index (χ0v) is 8.81. The molecule has 1 aromatic carbocycles. The monoisotopic (exact) mass is 230 g/mol. The molecule has 5 heteroatoms. The van der Waals surface area contributed by atoms with Gasteiger partial charge in [-0.3, -0.25) is 5.32 Å². The minimum Gasteiger partial charge on any atom is -0.300 e. The minimum absolute atomic E-state index is 0.0442. The average Bonchev–Trinajstić information content (AvgIpc) is 2.64. The molecule has 0 saturated carbocycles. The molecule has 1 fully saturated rings. The smallest absolute Gasteiger partial charge is 0.300 e. The molecule has 1 aliphatic rings. The maximum Gasteiger partial charge on any atom is 0.416 e. The summed E-state index contributed by atoms with van der Waals surface area (Å²) < 4.78 is 37.5. The van der Waals surface area contributed by atoms with Crippen LogP contribution in [-0.4, -0.2) is 12.7 Å². The Bertz CT molecular complexity index is 376. The van der Waals surface area contributed by atoms with Crippen LogP contribution in [0, 0.1) is 0 Å². The highest BCUT2D eigenvalue weighted by Gasteiger charge is 2.31. The highest BCUT2D eigenvalue weighted by atomic mass is 19.4. The first-order chi connectivity index (χ1) is 7.47. The number of nitrogens with one attached hydrogen (secondary N) is 2. The lowest BCUT2D eigenvalue weighted by Gasteiger charge is -2.13. The molecule has 0 radical (unpaired) electrons. The second-order valence-corrected chi connectivity index (χ2v) is 3.97. The van der Waals surface area contributed by atoms with Gasteiger partial charge in [-0.1, -0.05) is 12.1 Å². The third-order valence-corrected chi connectivity index (χ3v) is 2.70. The van der Waals surface area contributed by atoms with E-state index >= 15 is 0 Å². The number of hydrogen-bond acceptors (Lipinski definition) is 2. The fourth-order valence-corrected chi connectivity index (χ4v) is 1.86. The lowest BCUT2D eigenvalue weighted by molar-refractivity contribution is -0.137. The van der Waals surface area contributed by atoms with Crippen LogP contribution in [0.3, 0.4) is 0 Å². The van der Waals surface area contributed by atoms with Crippen molar-refractivity contribution in [2.24, 2.45) is 0 Å². The molecule has 1 aromatic rings. The Morgan fingerprint density at radius 1 is 1.31 bits per heavy atom. The van der Waals surface area contributed by atoms with Gasteiger partial charge in [0.1, 0.15) is 0 Å². The van der Waals surface area contributed by atoms with Crippen LogP contribution in [0.5, 0.6) is 0 Å². The number of hydrogen-bond donors (Lipinski definition) is 2. The normalized spacial score (nSPS) is 26.0. The van der Waals surface area contributed by atoms with Crippen molar-refractivity contribution in [3.05, 3.63) is 35.4 Å². The van der Waals surface area contributed by atoms with Crippen LogP contribution in [-0.2, 0) is 6.18 Å². The first-order valence-electron chi connectivity index (χ1n) is 5.13. The Hall–Kier alpha value is -1.07. The van der Waals surface area contributed by atoms with E-state index in [0.717, 1.165) is 6.07 Å². The summed E-state index contributed by atoms with van der Waals surface area (Å²) in [4.78, 5) is 0. The summed E-state index contributed by atoms with van der Waals surface area (Å²) in [7, 11) is 0. The summed E-state index contributed by atoms with van der Waals surface area (Å²) >= 11 is 0. The Morgan fingerprint density at radius 3 is 2.62 bits per heavy atom. The van der Waals surface area contributed by atoms with Crippen molar-refractivity contribution >= 4 is 0 Å². The van der Waals surface area contributed by atoms with Crippen LogP contribution >= 0.6 is 0 Å². The summed E-state index contributed by atoms with van der Waals surface area (Å²) in [5.74, 6) is 0. The first-order valence-corrected chi connectivity index (χ1v) is 5.13. The number of alkyl halides is 3. The fraction of sp³-hybridized carbons (Fsp3) is 0.455. The van der Waals surface area contributed by atoms with Crippen molar-refractivity contribution in [2.75, 3.05) is 6.54 Å². The van der Waals surface area contributed by atoms with Gasteiger partial charge in [0.05, 0.1) is 11.7 Å². The minimum atomic E-state index is -4.27. The van der Waals surface area contributed by atoms with Gasteiger partial charge in [-0.05, 0) is 24.6 Å². The van der Waals surface area contributed by atoms with Gasteiger partial charge >= 0.3 is 6.18 Å². The molecule has 0 amide bonds. The van der Waals surface area contributed by atoms with E-state index in [1.165, 1.54) is 12.1 Å². The van der Waals surface area contributed by atoms with E-state index in [1.807, 2.05) is 6.92 Å². The maximum absolute atomic E-state index is 12.5. The van der Waals surface area contributed by atoms with Crippen LogP contribution in [0.15, 0.2) is 24.3 Å². The van der Waals surface area contributed by atoms with E-state index in [0.29, 0.717) is 12.1 Å². The predicted molar refractivity (Wildman–Crippen MR) is 54.8 cm³/mol. The zero-order chi connectivity index (χ0) is 11.8. The quantitative estimate of drug-likeness (QED) is 0.773. The SMILES string of the molecule is CC1NCC(c2cccc(C(F)(F)F)c2)N1. The largest absolute Gasteiger partial charge is 0.416 e. The van der Waals surface area contributed by atoms with Crippen molar-refractivity contribution in [3.8, 4) is 0 Å². The second-order valence-electron chi connectivity index (χ2n) is 3.97. The first kappa shape index (κ1) is 11.4.